The summed E-state index contributed by atoms with van der Waals surface area (Å²) in [4.78, 5) is 20.6. The normalized spacial score (nSPS) is 16.4. The minimum Gasteiger partial charge on any atom is -0.465 e. The molecule has 5 heteroatoms. The molecule has 1 N–H and O–H groups in total. The molecule has 1 atom stereocenters. The van der Waals surface area contributed by atoms with Crippen LogP contribution in [0.1, 0.15) is 45.5 Å². The maximum Gasteiger partial charge on any atom is 0.337 e. The minimum atomic E-state index is -0.334. The lowest BCUT2D eigenvalue weighted by molar-refractivity contribution is 0.0600. The summed E-state index contributed by atoms with van der Waals surface area (Å²) in [5.74, 6) is -0.334. The third-order valence-electron chi connectivity index (χ3n) is 3.92. The lowest BCUT2D eigenvalue weighted by atomic mass is 10.1. The van der Waals surface area contributed by atoms with Crippen molar-refractivity contribution < 1.29 is 9.53 Å². The first-order chi connectivity index (χ1) is 10.7. The number of aryl methyl sites for hydroxylation is 2. The van der Waals surface area contributed by atoms with Crippen LogP contribution in [0, 0.1) is 6.92 Å². The van der Waals surface area contributed by atoms with Crippen molar-refractivity contribution >= 4 is 5.97 Å². The summed E-state index contributed by atoms with van der Waals surface area (Å²) < 4.78 is 4.77. The largest absolute Gasteiger partial charge is 0.465 e. The fraction of sp³-hybridized carbons (Fsp3) is 0.353. The molecular formula is C17H19N3O2. The number of aromatic nitrogens is 2. The van der Waals surface area contributed by atoms with Gasteiger partial charge in [-0.2, -0.15) is 0 Å². The molecule has 2 aromatic heterocycles. The number of carbonyl (C=O) groups is 1. The first-order valence-electron chi connectivity index (χ1n) is 7.40. The smallest absolute Gasteiger partial charge is 0.337 e. The number of hydrogen-bond acceptors (Lipinski definition) is 5. The zero-order valence-corrected chi connectivity index (χ0v) is 12.8. The Labute approximate surface area is 129 Å². The summed E-state index contributed by atoms with van der Waals surface area (Å²) >= 11 is 0. The Kier molecular flexibility index (Phi) is 4.15. The lowest BCUT2D eigenvalue weighted by Gasteiger charge is -2.13. The summed E-state index contributed by atoms with van der Waals surface area (Å²) in [6.07, 6.45) is 3.93. The van der Waals surface area contributed by atoms with Crippen molar-refractivity contribution in [1.82, 2.24) is 15.3 Å². The standard InChI is InChI=1S/C17H19N3O2/c1-11-8-13(17(21)22-2)9-14(20-11)10-19-15-6-5-12-4-3-7-18-16(12)15/h3-4,7-9,15,19H,5-6,10H2,1-2H3. The molecule has 2 heterocycles. The molecule has 0 amide bonds. The zero-order chi connectivity index (χ0) is 15.5. The van der Waals surface area contributed by atoms with Crippen LogP contribution in [0.2, 0.25) is 0 Å². The summed E-state index contributed by atoms with van der Waals surface area (Å²) in [5, 5.41) is 3.49. The van der Waals surface area contributed by atoms with E-state index in [4.69, 9.17) is 4.74 Å². The molecule has 5 nitrogen and oxygen atoms in total. The van der Waals surface area contributed by atoms with Crippen LogP contribution >= 0.6 is 0 Å². The molecule has 1 aliphatic rings. The van der Waals surface area contributed by atoms with Crippen molar-refractivity contribution in [2.75, 3.05) is 7.11 Å². The molecule has 0 spiro atoms. The van der Waals surface area contributed by atoms with Crippen molar-refractivity contribution in [2.45, 2.75) is 32.4 Å². The number of nitrogens with one attached hydrogen (secondary N) is 1. The molecule has 1 unspecified atom stereocenters. The van der Waals surface area contributed by atoms with E-state index in [0.29, 0.717) is 12.1 Å². The van der Waals surface area contributed by atoms with E-state index in [0.717, 1.165) is 29.9 Å². The second kappa shape index (κ2) is 6.23. The van der Waals surface area contributed by atoms with Crippen LogP contribution in [0.3, 0.4) is 0 Å². The van der Waals surface area contributed by atoms with Crippen LogP contribution in [-0.4, -0.2) is 23.0 Å². The number of methoxy groups -OCH3 is 1. The first kappa shape index (κ1) is 14.7. The number of fused-ring (bicyclic) bond motifs is 1. The summed E-state index contributed by atoms with van der Waals surface area (Å²) in [5.41, 5.74) is 4.63. The third kappa shape index (κ3) is 2.99. The quantitative estimate of drug-likeness (QED) is 0.878. The van der Waals surface area contributed by atoms with Crippen LogP contribution in [0.25, 0.3) is 0 Å². The van der Waals surface area contributed by atoms with Gasteiger partial charge in [-0.25, -0.2) is 4.79 Å². The van der Waals surface area contributed by atoms with Crippen LogP contribution in [0.5, 0.6) is 0 Å². The molecule has 0 aliphatic heterocycles. The number of hydrogen-bond donors (Lipinski definition) is 1. The number of esters is 1. The number of nitrogens with zero attached hydrogens (tertiary/aromatic N) is 2. The lowest BCUT2D eigenvalue weighted by Crippen LogP contribution is -2.20. The highest BCUT2D eigenvalue weighted by molar-refractivity contribution is 5.89. The molecular weight excluding hydrogens is 278 g/mol. The Morgan fingerprint density at radius 3 is 3.14 bits per heavy atom. The maximum absolute atomic E-state index is 11.7. The fourth-order valence-electron chi connectivity index (χ4n) is 2.90. The summed E-state index contributed by atoms with van der Waals surface area (Å²) in [7, 11) is 1.39. The predicted molar refractivity (Wildman–Crippen MR) is 82.5 cm³/mol. The molecule has 0 saturated heterocycles. The van der Waals surface area contributed by atoms with Crippen molar-refractivity contribution in [3.63, 3.8) is 0 Å². The first-order valence-corrected chi connectivity index (χ1v) is 7.40. The van der Waals surface area contributed by atoms with Gasteiger partial charge in [0.1, 0.15) is 0 Å². The average Bonchev–Trinajstić information content (AvgIpc) is 2.95. The molecule has 0 aromatic carbocycles. The Morgan fingerprint density at radius 2 is 2.32 bits per heavy atom. The van der Waals surface area contributed by atoms with E-state index in [-0.39, 0.29) is 12.0 Å². The Bertz CT molecular complexity index is 700. The number of ether oxygens (including phenoxy) is 1. The van der Waals surface area contributed by atoms with Crippen molar-refractivity contribution in [3.8, 4) is 0 Å². The zero-order valence-electron chi connectivity index (χ0n) is 12.8. The number of pyridine rings is 2. The van der Waals surface area contributed by atoms with Gasteiger partial charge in [0, 0.05) is 18.4 Å². The maximum atomic E-state index is 11.7. The van der Waals surface area contributed by atoms with Crippen molar-refractivity contribution in [1.29, 1.82) is 0 Å². The highest BCUT2D eigenvalue weighted by atomic mass is 16.5. The van der Waals surface area contributed by atoms with Crippen LogP contribution in [0.4, 0.5) is 0 Å². The molecule has 22 heavy (non-hydrogen) atoms. The van der Waals surface area contributed by atoms with Gasteiger partial charge in [-0.15, -0.1) is 0 Å². The second-order valence-electron chi connectivity index (χ2n) is 5.50. The van der Waals surface area contributed by atoms with Gasteiger partial charge in [-0.05, 0) is 43.5 Å². The van der Waals surface area contributed by atoms with Gasteiger partial charge in [0.2, 0.25) is 0 Å². The van der Waals surface area contributed by atoms with Gasteiger partial charge in [0.05, 0.1) is 30.1 Å². The molecule has 3 rings (SSSR count). The van der Waals surface area contributed by atoms with E-state index in [2.05, 4.69) is 21.4 Å². The van der Waals surface area contributed by atoms with E-state index < -0.39 is 0 Å². The summed E-state index contributed by atoms with van der Waals surface area (Å²) in [6, 6.07) is 7.87. The van der Waals surface area contributed by atoms with Crippen LogP contribution in [0.15, 0.2) is 30.5 Å². The Balaban J connectivity index is 1.72. The van der Waals surface area contributed by atoms with E-state index >= 15 is 0 Å². The highest BCUT2D eigenvalue weighted by Gasteiger charge is 2.23. The Hall–Kier alpha value is -2.27. The number of rotatable bonds is 4. The fourth-order valence-corrected chi connectivity index (χ4v) is 2.90. The van der Waals surface area contributed by atoms with E-state index in [1.165, 1.54) is 12.7 Å². The molecule has 0 bridgehead atoms. The topological polar surface area (TPSA) is 64.1 Å². The van der Waals surface area contributed by atoms with Gasteiger partial charge in [0.15, 0.2) is 0 Å². The highest BCUT2D eigenvalue weighted by Crippen LogP contribution is 2.28. The summed E-state index contributed by atoms with van der Waals surface area (Å²) in [6.45, 7) is 2.48. The van der Waals surface area contributed by atoms with E-state index in [9.17, 15) is 4.79 Å². The van der Waals surface area contributed by atoms with Crippen molar-refractivity contribution in [3.05, 3.63) is 58.7 Å². The third-order valence-corrected chi connectivity index (χ3v) is 3.92. The van der Waals surface area contributed by atoms with Crippen molar-refractivity contribution in [2.24, 2.45) is 0 Å². The molecule has 0 fully saturated rings. The number of carbonyl (C=O) groups excluding carboxylic acids is 1. The average molecular weight is 297 g/mol. The van der Waals surface area contributed by atoms with Gasteiger partial charge in [0.25, 0.3) is 0 Å². The monoisotopic (exact) mass is 297 g/mol. The molecule has 0 saturated carbocycles. The SMILES string of the molecule is COC(=O)c1cc(C)nc(CNC2CCc3cccnc32)c1. The molecule has 1 aliphatic carbocycles. The minimum absolute atomic E-state index is 0.250. The second-order valence-corrected chi connectivity index (χ2v) is 5.50. The molecule has 114 valence electrons. The molecule has 0 radical (unpaired) electrons. The van der Waals surface area contributed by atoms with Crippen LogP contribution < -0.4 is 5.32 Å². The molecule has 2 aromatic rings. The predicted octanol–water partition coefficient (Wildman–Crippen LogP) is 2.35. The van der Waals surface area contributed by atoms with Gasteiger partial charge in [-0.3, -0.25) is 9.97 Å². The van der Waals surface area contributed by atoms with E-state index in [1.807, 2.05) is 19.2 Å². The van der Waals surface area contributed by atoms with Gasteiger partial charge >= 0.3 is 5.97 Å². The van der Waals surface area contributed by atoms with Crippen LogP contribution in [-0.2, 0) is 17.7 Å². The van der Waals surface area contributed by atoms with Gasteiger partial charge in [-0.1, -0.05) is 6.07 Å². The Morgan fingerprint density at radius 1 is 1.45 bits per heavy atom. The van der Waals surface area contributed by atoms with E-state index in [1.54, 1.807) is 12.1 Å². The van der Waals surface area contributed by atoms with Gasteiger partial charge < -0.3 is 10.1 Å².